The van der Waals surface area contributed by atoms with Gasteiger partial charge in [0.15, 0.2) is 11.6 Å². The molecular formula is C22H23F2N3O5. The molecule has 1 aromatic carbocycles. The number of ether oxygens (including phenoxy) is 1. The van der Waals surface area contributed by atoms with Crippen molar-refractivity contribution in [3.05, 3.63) is 33.9 Å². The van der Waals surface area contributed by atoms with E-state index in [9.17, 15) is 23.9 Å². The quantitative estimate of drug-likeness (QED) is 0.729. The second-order valence-electron chi connectivity index (χ2n) is 9.04. The maximum atomic E-state index is 15.4. The van der Waals surface area contributed by atoms with Crippen LogP contribution in [0.25, 0.3) is 10.9 Å². The van der Waals surface area contributed by atoms with E-state index >= 15 is 4.39 Å². The fraction of sp³-hybridized carbons (Fsp3) is 0.500. The highest BCUT2D eigenvalue weighted by molar-refractivity contribution is 5.97. The predicted molar refractivity (Wildman–Crippen MR) is 112 cm³/mol. The number of hydrogen-bond acceptors (Lipinski definition) is 5. The molecule has 2 heterocycles. The van der Waals surface area contributed by atoms with Gasteiger partial charge in [0.2, 0.25) is 11.3 Å². The molecule has 10 heteroatoms. The van der Waals surface area contributed by atoms with Crippen molar-refractivity contribution in [1.29, 1.82) is 0 Å². The molecule has 1 aliphatic heterocycles. The molecule has 1 amide bonds. The maximum Gasteiger partial charge on any atom is 0.341 e. The first-order chi connectivity index (χ1) is 15.2. The molecule has 8 nitrogen and oxygen atoms in total. The number of hydrogen-bond donors (Lipinski definition) is 2. The number of amides is 1. The summed E-state index contributed by atoms with van der Waals surface area (Å²) in [5, 5.41) is 12.2. The molecule has 2 N–H and O–H groups in total. The number of aromatic nitrogens is 1. The minimum absolute atomic E-state index is 0.0624. The van der Waals surface area contributed by atoms with Gasteiger partial charge in [-0.2, -0.15) is 0 Å². The summed E-state index contributed by atoms with van der Waals surface area (Å²) in [7, 11) is 1.34. The third-order valence-corrected chi connectivity index (χ3v) is 6.90. The van der Waals surface area contributed by atoms with Crippen molar-refractivity contribution in [3.63, 3.8) is 0 Å². The van der Waals surface area contributed by atoms with Gasteiger partial charge in [-0.25, -0.2) is 13.6 Å². The second-order valence-corrected chi connectivity index (χ2v) is 9.04. The Balaban J connectivity index is 1.71. The molecule has 0 bridgehead atoms. The fourth-order valence-electron chi connectivity index (χ4n) is 5.04. The fourth-order valence-corrected chi connectivity index (χ4v) is 5.04. The summed E-state index contributed by atoms with van der Waals surface area (Å²) in [6.45, 7) is 2.31. The van der Waals surface area contributed by atoms with Gasteiger partial charge in [-0.1, -0.05) is 0 Å². The molecule has 2 saturated carbocycles. The number of benzene rings is 1. The molecule has 0 radical (unpaired) electrons. The first-order valence-electron chi connectivity index (χ1n) is 10.5. The Kier molecular flexibility index (Phi) is 4.48. The van der Waals surface area contributed by atoms with Crippen molar-refractivity contribution in [1.82, 2.24) is 9.88 Å². The lowest BCUT2D eigenvalue weighted by Crippen LogP contribution is -2.40. The van der Waals surface area contributed by atoms with Crippen LogP contribution in [0.1, 0.15) is 42.6 Å². The number of rotatable bonds is 5. The van der Waals surface area contributed by atoms with Crippen molar-refractivity contribution in [3.8, 4) is 5.75 Å². The predicted octanol–water partition coefficient (Wildman–Crippen LogP) is 2.24. The van der Waals surface area contributed by atoms with E-state index < -0.39 is 35.0 Å². The second kappa shape index (κ2) is 6.91. The SMILES string of the molecule is COc1c(N2C[C@@H](NC(C)=O)C3(CC3)C2)c(F)cc2c(=O)c(C(=O)O)cn([C@@H]3C[C@@H]3F)c12. The highest BCUT2D eigenvalue weighted by Crippen LogP contribution is 2.55. The van der Waals surface area contributed by atoms with Gasteiger partial charge in [0.1, 0.15) is 17.4 Å². The molecule has 170 valence electrons. The van der Waals surface area contributed by atoms with Gasteiger partial charge in [0.25, 0.3) is 0 Å². The molecule has 2 aromatic rings. The van der Waals surface area contributed by atoms with Crippen LogP contribution in [-0.4, -0.2) is 54.0 Å². The van der Waals surface area contributed by atoms with Crippen LogP contribution in [0.5, 0.6) is 5.75 Å². The lowest BCUT2D eigenvalue weighted by atomic mass is 10.0. The first-order valence-corrected chi connectivity index (χ1v) is 10.5. The Morgan fingerprint density at radius 2 is 2.03 bits per heavy atom. The van der Waals surface area contributed by atoms with Gasteiger partial charge in [-0.15, -0.1) is 0 Å². The average Bonchev–Trinajstić information content (AvgIpc) is 3.61. The number of halogens is 2. The Hall–Kier alpha value is -3.17. The maximum absolute atomic E-state index is 15.4. The average molecular weight is 447 g/mol. The third-order valence-electron chi connectivity index (χ3n) is 6.90. The molecule has 3 fully saturated rings. The van der Waals surface area contributed by atoms with Crippen LogP contribution in [-0.2, 0) is 4.79 Å². The third kappa shape index (κ3) is 3.03. The largest absolute Gasteiger partial charge is 0.492 e. The zero-order chi connectivity index (χ0) is 22.9. The number of carboxylic acids is 1. The minimum Gasteiger partial charge on any atom is -0.492 e. The van der Waals surface area contributed by atoms with Crippen LogP contribution in [0, 0.1) is 11.2 Å². The van der Waals surface area contributed by atoms with Crippen LogP contribution < -0.4 is 20.4 Å². The number of carbonyl (C=O) groups is 2. The van der Waals surface area contributed by atoms with Gasteiger partial charge in [0, 0.05) is 38.0 Å². The zero-order valence-electron chi connectivity index (χ0n) is 17.7. The lowest BCUT2D eigenvalue weighted by molar-refractivity contribution is -0.119. The summed E-state index contributed by atoms with van der Waals surface area (Å²) in [4.78, 5) is 37.8. The molecule has 1 saturated heterocycles. The molecule has 1 aromatic heterocycles. The summed E-state index contributed by atoms with van der Waals surface area (Å²) >= 11 is 0. The molecule has 5 rings (SSSR count). The number of pyridine rings is 1. The van der Waals surface area contributed by atoms with E-state index in [1.165, 1.54) is 18.6 Å². The van der Waals surface area contributed by atoms with Crippen molar-refractivity contribution in [2.24, 2.45) is 5.41 Å². The van der Waals surface area contributed by atoms with Crippen LogP contribution in [0.15, 0.2) is 17.1 Å². The number of nitrogens with one attached hydrogen (secondary N) is 1. The van der Waals surface area contributed by atoms with E-state index in [-0.39, 0.29) is 46.1 Å². The summed E-state index contributed by atoms with van der Waals surface area (Å²) in [6.07, 6.45) is 1.92. The van der Waals surface area contributed by atoms with Crippen molar-refractivity contribution < 1.29 is 28.2 Å². The Morgan fingerprint density at radius 3 is 2.56 bits per heavy atom. The Labute approximate surface area is 181 Å². The summed E-state index contributed by atoms with van der Waals surface area (Å²) in [6, 6.07) is 0.221. The number of anilines is 1. The lowest BCUT2D eigenvalue weighted by Gasteiger charge is -2.24. The van der Waals surface area contributed by atoms with E-state index in [0.717, 1.165) is 25.1 Å². The number of carboxylic acid groups (broad SMARTS) is 1. The number of aromatic carboxylic acids is 1. The van der Waals surface area contributed by atoms with E-state index in [2.05, 4.69) is 5.32 Å². The van der Waals surface area contributed by atoms with Gasteiger partial charge in [-0.3, -0.25) is 9.59 Å². The molecule has 0 unspecified atom stereocenters. The normalized spacial score (nSPS) is 25.2. The number of fused-ring (bicyclic) bond motifs is 1. The highest BCUT2D eigenvalue weighted by atomic mass is 19.1. The molecule has 32 heavy (non-hydrogen) atoms. The molecule has 3 atom stereocenters. The summed E-state index contributed by atoms with van der Waals surface area (Å²) in [5.41, 5.74) is -1.22. The standard InChI is InChI=1S/C22H23F2N3O5/c1-10(28)25-16-8-26(9-22(16)3-4-22)18-14(24)5-11-17(20(18)32-2)27(15-6-13(15)23)7-12(19(11)29)21(30)31/h5,7,13,15-16H,3-4,6,8-9H2,1-2H3,(H,25,28)(H,30,31)/t13-,15+,16+/m0/s1. The van der Waals surface area contributed by atoms with Crippen LogP contribution in [0.4, 0.5) is 14.5 Å². The minimum atomic E-state index is -1.46. The van der Waals surface area contributed by atoms with E-state index in [0.29, 0.717) is 13.1 Å². The van der Waals surface area contributed by atoms with Gasteiger partial charge < -0.3 is 24.6 Å². The topological polar surface area (TPSA) is 101 Å². The van der Waals surface area contributed by atoms with Crippen molar-refractivity contribution >= 4 is 28.5 Å². The first kappa shape index (κ1) is 20.7. The molecular weight excluding hydrogens is 424 g/mol. The number of methoxy groups -OCH3 is 1. The van der Waals surface area contributed by atoms with Crippen molar-refractivity contribution in [2.45, 2.75) is 44.4 Å². The number of nitrogens with zero attached hydrogens (tertiary/aromatic N) is 2. The zero-order valence-corrected chi connectivity index (χ0v) is 17.7. The van der Waals surface area contributed by atoms with Crippen LogP contribution in [0.3, 0.4) is 0 Å². The Bertz CT molecular complexity index is 1220. The van der Waals surface area contributed by atoms with E-state index in [1.807, 2.05) is 0 Å². The summed E-state index contributed by atoms with van der Waals surface area (Å²) in [5.74, 6) is -2.29. The van der Waals surface area contributed by atoms with Gasteiger partial charge in [-0.05, 0) is 18.9 Å². The summed E-state index contributed by atoms with van der Waals surface area (Å²) < 4.78 is 36.4. The smallest absolute Gasteiger partial charge is 0.341 e. The number of carbonyl (C=O) groups excluding carboxylic acids is 1. The molecule has 2 aliphatic carbocycles. The molecule has 3 aliphatic rings. The number of alkyl halides is 1. The van der Waals surface area contributed by atoms with Gasteiger partial charge in [0.05, 0.1) is 30.1 Å². The van der Waals surface area contributed by atoms with Crippen LogP contribution in [0.2, 0.25) is 0 Å². The monoisotopic (exact) mass is 447 g/mol. The Morgan fingerprint density at radius 1 is 1.34 bits per heavy atom. The van der Waals surface area contributed by atoms with Crippen LogP contribution >= 0.6 is 0 Å². The van der Waals surface area contributed by atoms with Crippen molar-refractivity contribution in [2.75, 3.05) is 25.1 Å². The van der Waals surface area contributed by atoms with Gasteiger partial charge >= 0.3 is 5.97 Å². The van der Waals surface area contributed by atoms with E-state index in [1.54, 1.807) is 4.90 Å². The molecule has 1 spiro atoms. The van der Waals surface area contributed by atoms with E-state index in [4.69, 9.17) is 4.74 Å². The highest BCUT2D eigenvalue weighted by Gasteiger charge is 2.56.